The first kappa shape index (κ1) is 22.1. The van der Waals surface area contributed by atoms with Gasteiger partial charge < -0.3 is 10.2 Å². The highest BCUT2D eigenvalue weighted by molar-refractivity contribution is 5.93. The lowest BCUT2D eigenvalue weighted by molar-refractivity contribution is -0.117. The van der Waals surface area contributed by atoms with Crippen LogP contribution in [0.25, 0.3) is 5.69 Å². The highest BCUT2D eigenvalue weighted by Crippen LogP contribution is 2.26. The van der Waals surface area contributed by atoms with E-state index in [9.17, 15) is 4.79 Å². The van der Waals surface area contributed by atoms with E-state index in [0.717, 1.165) is 42.4 Å². The number of para-hydroxylation sites is 1. The summed E-state index contributed by atoms with van der Waals surface area (Å²) in [4.78, 5) is 17.4. The van der Waals surface area contributed by atoms with Crippen LogP contribution in [0.2, 0.25) is 0 Å². The first-order valence-corrected chi connectivity index (χ1v) is 11.4. The second-order valence-corrected chi connectivity index (χ2v) is 8.84. The van der Waals surface area contributed by atoms with E-state index >= 15 is 0 Å². The molecule has 0 aliphatic carbocycles. The van der Waals surface area contributed by atoms with Crippen LogP contribution in [0, 0.1) is 20.8 Å². The molecule has 3 aromatic rings. The molecular formula is C26H33N5O. The zero-order chi connectivity index (χ0) is 22.7. The third-order valence-electron chi connectivity index (χ3n) is 6.13. The number of aromatic nitrogens is 2. The number of nitrogens with one attached hydrogen (secondary N) is 1. The number of aryl methyl sites for hydroxylation is 2. The van der Waals surface area contributed by atoms with Crippen LogP contribution >= 0.6 is 0 Å². The zero-order valence-electron chi connectivity index (χ0n) is 19.6. The van der Waals surface area contributed by atoms with Gasteiger partial charge in [-0.25, -0.2) is 4.68 Å². The predicted octanol–water partition coefficient (Wildman–Crippen LogP) is 4.47. The summed E-state index contributed by atoms with van der Waals surface area (Å²) >= 11 is 0. The van der Waals surface area contributed by atoms with E-state index in [-0.39, 0.29) is 5.91 Å². The molecule has 1 fully saturated rings. The fourth-order valence-corrected chi connectivity index (χ4v) is 4.44. The first-order valence-electron chi connectivity index (χ1n) is 11.4. The van der Waals surface area contributed by atoms with E-state index in [2.05, 4.69) is 63.5 Å². The maximum Gasteiger partial charge on any atom is 0.238 e. The van der Waals surface area contributed by atoms with Crippen molar-refractivity contribution in [3.63, 3.8) is 0 Å². The lowest BCUT2D eigenvalue weighted by Gasteiger charge is -2.24. The van der Waals surface area contributed by atoms with E-state index in [0.29, 0.717) is 6.54 Å². The SMILES string of the molecule is Cc1ccc(-n2nc(C)c(NC(=O)CN(C)Cc3ccccc3N3CCCC3)c2C)cc1. The molecule has 0 radical (unpaired) electrons. The summed E-state index contributed by atoms with van der Waals surface area (Å²) in [6.45, 7) is 9.28. The number of hydrogen-bond acceptors (Lipinski definition) is 4. The van der Waals surface area contributed by atoms with Crippen LogP contribution in [-0.4, -0.2) is 47.3 Å². The van der Waals surface area contributed by atoms with Crippen LogP contribution < -0.4 is 10.2 Å². The molecule has 6 heteroatoms. The van der Waals surface area contributed by atoms with Gasteiger partial charge in [0.05, 0.1) is 29.3 Å². The second-order valence-electron chi connectivity index (χ2n) is 8.84. The number of hydrogen-bond donors (Lipinski definition) is 1. The summed E-state index contributed by atoms with van der Waals surface area (Å²) in [5.41, 5.74) is 7.31. The summed E-state index contributed by atoms with van der Waals surface area (Å²) in [6.07, 6.45) is 2.50. The smallest absolute Gasteiger partial charge is 0.238 e. The molecule has 1 aliphatic heterocycles. The van der Waals surface area contributed by atoms with Gasteiger partial charge in [0.15, 0.2) is 0 Å². The first-order chi connectivity index (χ1) is 15.4. The van der Waals surface area contributed by atoms with Crippen molar-refractivity contribution < 1.29 is 4.79 Å². The van der Waals surface area contributed by atoms with Gasteiger partial charge in [-0.05, 0) is 64.4 Å². The predicted molar refractivity (Wildman–Crippen MR) is 131 cm³/mol. The van der Waals surface area contributed by atoms with Crippen LogP contribution in [0.5, 0.6) is 0 Å². The van der Waals surface area contributed by atoms with Crippen LogP contribution in [0.4, 0.5) is 11.4 Å². The van der Waals surface area contributed by atoms with Crippen molar-refractivity contribution >= 4 is 17.3 Å². The molecule has 0 saturated carbocycles. The van der Waals surface area contributed by atoms with Gasteiger partial charge in [-0.3, -0.25) is 9.69 Å². The molecule has 1 aromatic heterocycles. The number of rotatable bonds is 7. The molecule has 1 saturated heterocycles. The summed E-state index contributed by atoms with van der Waals surface area (Å²) in [5, 5.41) is 7.74. The van der Waals surface area contributed by atoms with Crippen molar-refractivity contribution in [1.29, 1.82) is 0 Å². The Morgan fingerprint density at radius 3 is 2.44 bits per heavy atom. The summed E-state index contributed by atoms with van der Waals surface area (Å²) < 4.78 is 1.89. The van der Waals surface area contributed by atoms with E-state index < -0.39 is 0 Å². The van der Waals surface area contributed by atoms with Gasteiger partial charge in [-0.1, -0.05) is 35.9 Å². The number of likely N-dealkylation sites (N-methyl/N-ethyl adjacent to an activating group) is 1. The largest absolute Gasteiger partial charge is 0.371 e. The fourth-order valence-electron chi connectivity index (χ4n) is 4.44. The van der Waals surface area contributed by atoms with Gasteiger partial charge in [-0.2, -0.15) is 5.10 Å². The van der Waals surface area contributed by atoms with Crippen molar-refractivity contribution in [3.8, 4) is 5.69 Å². The third kappa shape index (κ3) is 4.86. The topological polar surface area (TPSA) is 53.4 Å². The molecule has 6 nitrogen and oxygen atoms in total. The minimum absolute atomic E-state index is 0.0270. The van der Waals surface area contributed by atoms with E-state index in [1.54, 1.807) is 0 Å². The lowest BCUT2D eigenvalue weighted by atomic mass is 10.1. The number of amides is 1. The maximum absolute atomic E-state index is 12.8. The second kappa shape index (κ2) is 9.57. The van der Waals surface area contributed by atoms with Crippen molar-refractivity contribution in [3.05, 3.63) is 71.0 Å². The third-order valence-corrected chi connectivity index (χ3v) is 6.13. The lowest BCUT2D eigenvalue weighted by Crippen LogP contribution is -2.31. The van der Waals surface area contributed by atoms with E-state index in [1.807, 2.05) is 37.7 Å². The zero-order valence-corrected chi connectivity index (χ0v) is 19.6. The summed E-state index contributed by atoms with van der Waals surface area (Å²) in [5.74, 6) is -0.0270. The quantitative estimate of drug-likeness (QED) is 0.600. The average molecular weight is 432 g/mol. The summed E-state index contributed by atoms with van der Waals surface area (Å²) in [6, 6.07) is 16.8. The molecule has 0 bridgehead atoms. The number of nitrogens with zero attached hydrogens (tertiary/aromatic N) is 4. The molecule has 2 aromatic carbocycles. The summed E-state index contributed by atoms with van der Waals surface area (Å²) in [7, 11) is 2.00. The molecule has 1 amide bonds. The van der Waals surface area contributed by atoms with Gasteiger partial charge in [0, 0.05) is 25.3 Å². The maximum atomic E-state index is 12.8. The standard InChI is InChI=1S/C26H33N5O/c1-19-11-13-23(14-12-19)31-21(3)26(20(2)28-31)27-25(32)18-29(4)17-22-9-5-6-10-24(22)30-15-7-8-16-30/h5-6,9-14H,7-8,15-18H2,1-4H3,(H,27,32). The Hall–Kier alpha value is -3.12. The Labute approximate surface area is 190 Å². The highest BCUT2D eigenvalue weighted by Gasteiger charge is 2.19. The van der Waals surface area contributed by atoms with Crippen LogP contribution in [0.1, 0.15) is 35.4 Å². The molecule has 2 heterocycles. The van der Waals surface area contributed by atoms with Gasteiger partial charge in [0.25, 0.3) is 0 Å². The number of carbonyl (C=O) groups is 1. The minimum atomic E-state index is -0.0270. The van der Waals surface area contributed by atoms with Crippen LogP contribution in [0.15, 0.2) is 48.5 Å². The Morgan fingerprint density at radius 1 is 1.03 bits per heavy atom. The van der Waals surface area contributed by atoms with Crippen LogP contribution in [-0.2, 0) is 11.3 Å². The van der Waals surface area contributed by atoms with E-state index in [1.165, 1.54) is 29.7 Å². The molecule has 4 rings (SSSR count). The van der Waals surface area contributed by atoms with Crippen molar-refractivity contribution in [1.82, 2.24) is 14.7 Å². The Balaban J connectivity index is 1.42. The number of benzene rings is 2. The molecule has 0 spiro atoms. The van der Waals surface area contributed by atoms with Crippen molar-refractivity contribution in [2.24, 2.45) is 0 Å². The average Bonchev–Trinajstić information content (AvgIpc) is 3.39. The minimum Gasteiger partial charge on any atom is -0.371 e. The van der Waals surface area contributed by atoms with Crippen molar-refractivity contribution in [2.75, 3.05) is 36.9 Å². The molecule has 168 valence electrons. The molecular weight excluding hydrogens is 398 g/mol. The van der Waals surface area contributed by atoms with Crippen molar-refractivity contribution in [2.45, 2.75) is 40.2 Å². The normalized spacial score (nSPS) is 13.7. The Morgan fingerprint density at radius 2 is 1.72 bits per heavy atom. The highest BCUT2D eigenvalue weighted by atomic mass is 16.2. The Kier molecular flexibility index (Phi) is 6.61. The number of anilines is 2. The number of carbonyl (C=O) groups excluding carboxylic acids is 1. The van der Waals surface area contributed by atoms with E-state index in [4.69, 9.17) is 0 Å². The molecule has 1 aliphatic rings. The molecule has 32 heavy (non-hydrogen) atoms. The molecule has 1 N–H and O–H groups in total. The Bertz CT molecular complexity index is 1080. The van der Waals surface area contributed by atoms with Gasteiger partial charge >= 0.3 is 0 Å². The fraction of sp³-hybridized carbons (Fsp3) is 0.385. The molecule has 0 atom stereocenters. The van der Waals surface area contributed by atoms with Gasteiger partial charge in [0.2, 0.25) is 5.91 Å². The van der Waals surface area contributed by atoms with Crippen LogP contribution in [0.3, 0.4) is 0 Å². The molecule has 0 unspecified atom stereocenters. The van der Waals surface area contributed by atoms with Gasteiger partial charge in [-0.15, -0.1) is 0 Å². The monoisotopic (exact) mass is 431 g/mol. The van der Waals surface area contributed by atoms with Gasteiger partial charge in [0.1, 0.15) is 0 Å².